The third kappa shape index (κ3) is 1.62. The fourth-order valence-corrected chi connectivity index (χ4v) is 1.67. The molecule has 76 valence electrons. The maximum Gasteiger partial charge on any atom is 0.227 e. The van der Waals surface area contributed by atoms with Gasteiger partial charge >= 0.3 is 0 Å². The molecule has 1 aliphatic rings. The number of amides is 1. The van der Waals surface area contributed by atoms with Crippen molar-refractivity contribution >= 4 is 17.4 Å². The van der Waals surface area contributed by atoms with Gasteiger partial charge in [-0.3, -0.25) is 4.79 Å². The number of pyridine rings is 1. The number of aromatic nitrogens is 1. The Labute approximate surface area is 87.1 Å². The number of rotatable bonds is 1. The molecule has 2 rings (SSSR count). The van der Waals surface area contributed by atoms with Crippen LogP contribution in [-0.2, 0) is 4.79 Å². The number of nitriles is 1. The molecule has 1 aromatic rings. The summed E-state index contributed by atoms with van der Waals surface area (Å²) in [6, 6.07) is 3.51. The fourth-order valence-electron chi connectivity index (χ4n) is 1.67. The Morgan fingerprint density at radius 1 is 1.60 bits per heavy atom. The Morgan fingerprint density at radius 3 is 3.00 bits per heavy atom. The third-order valence-corrected chi connectivity index (χ3v) is 2.39. The minimum absolute atomic E-state index is 0.0399. The SMILES string of the molecule is N#Cc1cc(N)ncc1N1CCCC1=O. The second kappa shape index (κ2) is 3.58. The molecule has 0 bridgehead atoms. The van der Waals surface area contributed by atoms with Crippen molar-refractivity contribution in [2.45, 2.75) is 12.8 Å². The first kappa shape index (κ1) is 9.46. The van der Waals surface area contributed by atoms with E-state index in [0.717, 1.165) is 6.42 Å². The van der Waals surface area contributed by atoms with E-state index in [-0.39, 0.29) is 5.91 Å². The van der Waals surface area contributed by atoms with Crippen LogP contribution in [-0.4, -0.2) is 17.4 Å². The monoisotopic (exact) mass is 202 g/mol. The maximum absolute atomic E-state index is 11.5. The van der Waals surface area contributed by atoms with Crippen molar-refractivity contribution in [3.63, 3.8) is 0 Å². The molecule has 5 nitrogen and oxygen atoms in total. The third-order valence-electron chi connectivity index (χ3n) is 2.39. The highest BCUT2D eigenvalue weighted by molar-refractivity contribution is 5.96. The summed E-state index contributed by atoms with van der Waals surface area (Å²) in [5.41, 5.74) is 6.44. The van der Waals surface area contributed by atoms with E-state index in [4.69, 9.17) is 11.0 Å². The molecule has 0 aliphatic carbocycles. The molecule has 1 saturated heterocycles. The van der Waals surface area contributed by atoms with E-state index in [1.807, 2.05) is 6.07 Å². The fraction of sp³-hybridized carbons (Fsp3) is 0.300. The van der Waals surface area contributed by atoms with Gasteiger partial charge in [0.15, 0.2) is 0 Å². The number of carbonyl (C=O) groups is 1. The van der Waals surface area contributed by atoms with Gasteiger partial charge in [0.2, 0.25) is 5.91 Å². The quantitative estimate of drug-likeness (QED) is 0.725. The molecule has 1 aromatic heterocycles. The molecule has 15 heavy (non-hydrogen) atoms. The predicted molar refractivity (Wildman–Crippen MR) is 55.0 cm³/mol. The lowest BCUT2D eigenvalue weighted by Crippen LogP contribution is -2.24. The van der Waals surface area contributed by atoms with Crippen LogP contribution in [0, 0.1) is 11.3 Å². The van der Waals surface area contributed by atoms with Crippen LogP contribution in [0.1, 0.15) is 18.4 Å². The summed E-state index contributed by atoms with van der Waals surface area (Å²) in [5.74, 6) is 0.333. The van der Waals surface area contributed by atoms with Crippen LogP contribution in [0.5, 0.6) is 0 Å². The summed E-state index contributed by atoms with van der Waals surface area (Å²) >= 11 is 0. The number of anilines is 2. The smallest absolute Gasteiger partial charge is 0.227 e. The molecule has 0 atom stereocenters. The number of hydrogen-bond donors (Lipinski definition) is 1. The molecule has 2 N–H and O–H groups in total. The predicted octanol–water partition coefficient (Wildman–Crippen LogP) is 0.662. The Balaban J connectivity index is 2.44. The molecule has 1 fully saturated rings. The molecule has 1 aliphatic heterocycles. The van der Waals surface area contributed by atoms with Crippen LogP contribution >= 0.6 is 0 Å². The van der Waals surface area contributed by atoms with E-state index < -0.39 is 0 Å². The molecule has 0 aromatic carbocycles. The van der Waals surface area contributed by atoms with Gasteiger partial charge in [-0.2, -0.15) is 5.26 Å². The van der Waals surface area contributed by atoms with E-state index in [0.29, 0.717) is 30.0 Å². The Hall–Kier alpha value is -2.09. The van der Waals surface area contributed by atoms with Crippen molar-refractivity contribution in [1.82, 2.24) is 4.98 Å². The maximum atomic E-state index is 11.5. The van der Waals surface area contributed by atoms with Crippen LogP contribution < -0.4 is 10.6 Å². The number of hydrogen-bond acceptors (Lipinski definition) is 4. The van der Waals surface area contributed by atoms with E-state index in [9.17, 15) is 4.79 Å². The van der Waals surface area contributed by atoms with Gasteiger partial charge in [-0.15, -0.1) is 0 Å². The van der Waals surface area contributed by atoms with Gasteiger partial charge in [-0.05, 0) is 6.42 Å². The molecule has 0 unspecified atom stereocenters. The number of nitrogens with two attached hydrogens (primary N) is 1. The Morgan fingerprint density at radius 2 is 2.40 bits per heavy atom. The highest BCUT2D eigenvalue weighted by Gasteiger charge is 2.24. The van der Waals surface area contributed by atoms with Crippen molar-refractivity contribution in [2.75, 3.05) is 17.2 Å². The first-order valence-electron chi connectivity index (χ1n) is 4.68. The zero-order valence-electron chi connectivity index (χ0n) is 8.10. The lowest BCUT2D eigenvalue weighted by Gasteiger charge is -2.16. The van der Waals surface area contributed by atoms with Gasteiger partial charge in [-0.25, -0.2) is 4.98 Å². The molecule has 5 heteroatoms. The van der Waals surface area contributed by atoms with Crippen molar-refractivity contribution in [3.05, 3.63) is 17.8 Å². The van der Waals surface area contributed by atoms with E-state index in [1.54, 1.807) is 4.90 Å². The molecule has 0 saturated carbocycles. The van der Waals surface area contributed by atoms with Crippen molar-refractivity contribution in [1.29, 1.82) is 5.26 Å². The number of nitrogens with zero attached hydrogens (tertiary/aromatic N) is 3. The summed E-state index contributed by atoms with van der Waals surface area (Å²) in [6.45, 7) is 0.652. The lowest BCUT2D eigenvalue weighted by atomic mass is 10.2. The lowest BCUT2D eigenvalue weighted by molar-refractivity contribution is -0.117. The summed E-state index contributed by atoms with van der Waals surface area (Å²) in [4.78, 5) is 17.0. The van der Waals surface area contributed by atoms with Gasteiger partial charge in [0.1, 0.15) is 11.9 Å². The Kier molecular flexibility index (Phi) is 2.26. The minimum atomic E-state index is 0.0399. The van der Waals surface area contributed by atoms with Crippen LogP contribution in [0.15, 0.2) is 12.3 Å². The zero-order chi connectivity index (χ0) is 10.8. The van der Waals surface area contributed by atoms with Crippen LogP contribution in [0.2, 0.25) is 0 Å². The molecule has 2 heterocycles. The van der Waals surface area contributed by atoms with E-state index in [2.05, 4.69) is 4.98 Å². The van der Waals surface area contributed by atoms with E-state index >= 15 is 0 Å². The van der Waals surface area contributed by atoms with Gasteiger partial charge in [0.25, 0.3) is 0 Å². The number of nitrogen functional groups attached to an aromatic ring is 1. The first-order chi connectivity index (χ1) is 7.22. The topological polar surface area (TPSA) is 83.0 Å². The molecular formula is C10H10N4O. The van der Waals surface area contributed by atoms with Gasteiger partial charge in [-0.1, -0.05) is 0 Å². The van der Waals surface area contributed by atoms with Crippen molar-refractivity contribution in [2.24, 2.45) is 0 Å². The highest BCUT2D eigenvalue weighted by Crippen LogP contribution is 2.25. The largest absolute Gasteiger partial charge is 0.384 e. The van der Waals surface area contributed by atoms with Gasteiger partial charge < -0.3 is 10.6 Å². The van der Waals surface area contributed by atoms with Gasteiger partial charge in [0.05, 0.1) is 17.4 Å². The Bertz CT molecular complexity index is 449. The van der Waals surface area contributed by atoms with Crippen molar-refractivity contribution in [3.8, 4) is 6.07 Å². The average Bonchev–Trinajstić information content (AvgIpc) is 2.64. The summed E-state index contributed by atoms with van der Waals surface area (Å²) in [5, 5.41) is 8.92. The molecule has 0 spiro atoms. The van der Waals surface area contributed by atoms with Gasteiger partial charge in [0, 0.05) is 19.0 Å². The normalized spacial score (nSPS) is 15.4. The summed E-state index contributed by atoms with van der Waals surface area (Å²) < 4.78 is 0. The second-order valence-electron chi connectivity index (χ2n) is 3.39. The average molecular weight is 202 g/mol. The number of carbonyl (C=O) groups excluding carboxylic acids is 1. The molecular weight excluding hydrogens is 192 g/mol. The molecule has 1 amide bonds. The second-order valence-corrected chi connectivity index (χ2v) is 3.39. The van der Waals surface area contributed by atoms with Crippen LogP contribution in [0.4, 0.5) is 11.5 Å². The minimum Gasteiger partial charge on any atom is -0.384 e. The highest BCUT2D eigenvalue weighted by atomic mass is 16.2. The van der Waals surface area contributed by atoms with Crippen LogP contribution in [0.25, 0.3) is 0 Å². The standard InChI is InChI=1S/C10H10N4O/c11-5-7-4-9(12)13-6-8(7)14-3-1-2-10(14)15/h4,6H,1-3H2,(H2,12,13). The van der Waals surface area contributed by atoms with Crippen molar-refractivity contribution < 1.29 is 4.79 Å². The van der Waals surface area contributed by atoms with Crippen LogP contribution in [0.3, 0.4) is 0 Å². The summed E-state index contributed by atoms with van der Waals surface area (Å²) in [6.07, 6.45) is 2.85. The first-order valence-corrected chi connectivity index (χ1v) is 4.68. The summed E-state index contributed by atoms with van der Waals surface area (Å²) in [7, 11) is 0. The zero-order valence-corrected chi connectivity index (χ0v) is 8.10. The molecule has 0 radical (unpaired) electrons. The van der Waals surface area contributed by atoms with E-state index in [1.165, 1.54) is 12.3 Å².